The summed E-state index contributed by atoms with van der Waals surface area (Å²) in [5.74, 6) is 3.30. The smallest absolute Gasteiger partial charge is 0.213 e. The van der Waals surface area contributed by atoms with E-state index >= 15 is 0 Å². The van der Waals surface area contributed by atoms with E-state index in [9.17, 15) is 12.8 Å². The molecule has 1 heterocycles. The molecule has 36 heavy (non-hydrogen) atoms. The first-order valence-corrected chi connectivity index (χ1v) is 14.5. The lowest BCUT2D eigenvalue weighted by molar-refractivity contribution is 0.299. The lowest BCUT2D eigenvalue weighted by Crippen LogP contribution is -2.09. The van der Waals surface area contributed by atoms with E-state index in [-0.39, 0.29) is 24.8 Å². The molecule has 2 aliphatic rings. The normalized spacial score (nSPS) is 20.1. The second-order valence-electron chi connectivity index (χ2n) is 10.3. The first-order chi connectivity index (χ1) is 17.1. The minimum absolute atomic E-state index is 0.0785. The maximum Gasteiger partial charge on any atom is 0.213 e. The molecule has 0 unspecified atom stereocenters. The highest BCUT2D eigenvalue weighted by atomic mass is 32.2. The van der Waals surface area contributed by atoms with Crippen LogP contribution in [0.5, 0.6) is 11.6 Å². The fraction of sp³-hybridized carbons (Fsp3) is 0.414. The van der Waals surface area contributed by atoms with Crippen molar-refractivity contribution >= 4 is 9.84 Å². The van der Waals surface area contributed by atoms with Crippen molar-refractivity contribution in [2.24, 2.45) is 11.8 Å². The van der Waals surface area contributed by atoms with Crippen molar-refractivity contribution in [1.29, 1.82) is 0 Å². The molecule has 7 heteroatoms. The third-order valence-corrected chi connectivity index (χ3v) is 8.53. The van der Waals surface area contributed by atoms with Crippen LogP contribution in [-0.4, -0.2) is 32.0 Å². The van der Waals surface area contributed by atoms with Gasteiger partial charge in [0, 0.05) is 29.1 Å². The van der Waals surface area contributed by atoms with E-state index in [2.05, 4.69) is 24.0 Å². The molecule has 2 aromatic carbocycles. The zero-order chi connectivity index (χ0) is 25.6. The van der Waals surface area contributed by atoms with Crippen LogP contribution in [-0.2, 0) is 22.9 Å². The number of aryl methyl sites for hydroxylation is 2. The average molecular weight is 510 g/mol. The molecule has 5 rings (SSSR count). The van der Waals surface area contributed by atoms with Crippen LogP contribution in [0.15, 0.2) is 42.5 Å². The fourth-order valence-corrected chi connectivity index (χ4v) is 6.25. The summed E-state index contributed by atoms with van der Waals surface area (Å²) in [6.07, 6.45) is 2.74. The van der Waals surface area contributed by atoms with Gasteiger partial charge in [0.15, 0.2) is 0 Å². The molecule has 190 valence electrons. The van der Waals surface area contributed by atoms with E-state index in [1.807, 2.05) is 32.0 Å². The molecule has 0 aliphatic heterocycles. The Morgan fingerprint density at radius 1 is 1.08 bits per heavy atom. The van der Waals surface area contributed by atoms with Crippen LogP contribution >= 0.6 is 0 Å². The fourth-order valence-electron chi connectivity index (χ4n) is 5.61. The highest BCUT2D eigenvalue weighted by Gasteiger charge is 2.52. The Kier molecular flexibility index (Phi) is 6.54. The van der Waals surface area contributed by atoms with E-state index in [1.165, 1.54) is 23.4 Å². The molecule has 0 amide bonds. The number of sulfone groups is 1. The van der Waals surface area contributed by atoms with E-state index in [0.717, 1.165) is 46.4 Å². The Morgan fingerprint density at radius 2 is 1.89 bits per heavy atom. The van der Waals surface area contributed by atoms with Crippen LogP contribution in [0.1, 0.15) is 47.2 Å². The minimum Gasteiger partial charge on any atom is -0.489 e. The number of hydrogen-bond donors (Lipinski definition) is 0. The van der Waals surface area contributed by atoms with Crippen LogP contribution in [0.2, 0.25) is 0 Å². The molecular formula is C29H32FNO4S. The molecule has 0 N–H and O–H groups in total. The van der Waals surface area contributed by atoms with Gasteiger partial charge in [0.2, 0.25) is 5.88 Å². The summed E-state index contributed by atoms with van der Waals surface area (Å²) in [4.78, 5) is 4.54. The molecular weight excluding hydrogens is 477 g/mol. The summed E-state index contributed by atoms with van der Waals surface area (Å²) in [6.45, 7) is 6.60. The van der Waals surface area contributed by atoms with Gasteiger partial charge < -0.3 is 9.47 Å². The van der Waals surface area contributed by atoms with Crippen molar-refractivity contribution in [1.82, 2.24) is 4.98 Å². The molecule has 0 radical (unpaired) electrons. The van der Waals surface area contributed by atoms with Crippen molar-refractivity contribution in [2.45, 2.75) is 46.1 Å². The first-order valence-electron chi connectivity index (χ1n) is 12.4. The minimum atomic E-state index is -3.01. The molecule has 3 aromatic rings. The summed E-state index contributed by atoms with van der Waals surface area (Å²) >= 11 is 0. The van der Waals surface area contributed by atoms with Gasteiger partial charge in [0.05, 0.1) is 12.4 Å². The van der Waals surface area contributed by atoms with Gasteiger partial charge in [-0.2, -0.15) is 0 Å². The number of rotatable bonds is 9. The highest BCUT2D eigenvalue weighted by molar-refractivity contribution is 7.90. The molecule has 0 bridgehead atoms. The van der Waals surface area contributed by atoms with Gasteiger partial charge >= 0.3 is 0 Å². The number of nitrogens with zero attached hydrogens (tertiary/aromatic N) is 1. The molecule has 0 spiro atoms. The van der Waals surface area contributed by atoms with Crippen LogP contribution in [0.3, 0.4) is 0 Å². The Morgan fingerprint density at radius 3 is 2.64 bits per heavy atom. The van der Waals surface area contributed by atoms with E-state index < -0.39 is 9.84 Å². The number of hydrogen-bond acceptors (Lipinski definition) is 5. The van der Waals surface area contributed by atoms with Gasteiger partial charge in [-0.3, -0.25) is 0 Å². The van der Waals surface area contributed by atoms with Gasteiger partial charge in [-0.25, -0.2) is 17.8 Å². The van der Waals surface area contributed by atoms with Crippen molar-refractivity contribution < 1.29 is 22.3 Å². The Bertz CT molecular complexity index is 1400. The Labute approximate surface area is 212 Å². The van der Waals surface area contributed by atoms with Gasteiger partial charge in [-0.1, -0.05) is 19.1 Å². The standard InChI is InChI=1S/C29H32FNO4S/c1-17-12-27(34-10-5-11-36(4,32)33)31-19(3)28(17)20-6-9-26(30)22(13-20)16-35-23-7-8-24-21(14-23)15-25-18(2)29(24)25/h6-9,12-14,18,25,29H,5,10-11,15-16H2,1-4H3/t18-,25-,29-/m0/s1. The van der Waals surface area contributed by atoms with E-state index in [4.69, 9.17) is 9.47 Å². The maximum atomic E-state index is 14.7. The molecule has 1 saturated carbocycles. The molecule has 3 atom stereocenters. The summed E-state index contributed by atoms with van der Waals surface area (Å²) < 4.78 is 48.9. The van der Waals surface area contributed by atoms with Gasteiger partial charge in [0.25, 0.3) is 0 Å². The van der Waals surface area contributed by atoms with Crippen LogP contribution < -0.4 is 9.47 Å². The summed E-state index contributed by atoms with van der Waals surface area (Å²) in [7, 11) is -3.01. The van der Waals surface area contributed by atoms with E-state index in [1.54, 1.807) is 6.07 Å². The monoisotopic (exact) mass is 509 g/mol. The predicted octanol–water partition coefficient (Wildman–Crippen LogP) is 5.80. The summed E-state index contributed by atoms with van der Waals surface area (Å²) in [5, 5.41) is 0. The molecule has 1 aromatic heterocycles. The summed E-state index contributed by atoms with van der Waals surface area (Å²) in [5.41, 5.74) is 6.81. The summed E-state index contributed by atoms with van der Waals surface area (Å²) in [6, 6.07) is 13.2. The largest absolute Gasteiger partial charge is 0.489 e. The number of halogens is 1. The van der Waals surface area contributed by atoms with E-state index in [0.29, 0.717) is 23.8 Å². The zero-order valence-corrected chi connectivity index (χ0v) is 22.0. The lowest BCUT2D eigenvalue weighted by Gasteiger charge is -2.15. The van der Waals surface area contributed by atoms with Crippen LogP contribution in [0.25, 0.3) is 11.1 Å². The number of fused-ring (bicyclic) bond motifs is 3. The number of pyridine rings is 1. The second kappa shape index (κ2) is 9.51. The van der Waals surface area contributed by atoms with Crippen LogP contribution in [0, 0.1) is 31.5 Å². The number of benzene rings is 2. The quantitative estimate of drug-likeness (QED) is 0.341. The number of aromatic nitrogens is 1. The molecule has 1 fully saturated rings. The zero-order valence-electron chi connectivity index (χ0n) is 21.2. The average Bonchev–Trinajstić information content (AvgIpc) is 3.26. The van der Waals surface area contributed by atoms with Crippen LogP contribution in [0.4, 0.5) is 4.39 Å². The predicted molar refractivity (Wildman–Crippen MR) is 139 cm³/mol. The Hall–Kier alpha value is -2.93. The van der Waals surface area contributed by atoms with Gasteiger partial charge in [-0.05, 0) is 91.0 Å². The highest BCUT2D eigenvalue weighted by Crippen LogP contribution is 2.61. The Balaban J connectivity index is 1.28. The van der Waals surface area contributed by atoms with Crippen molar-refractivity contribution in [3.63, 3.8) is 0 Å². The van der Waals surface area contributed by atoms with Crippen molar-refractivity contribution in [2.75, 3.05) is 18.6 Å². The maximum absolute atomic E-state index is 14.7. The van der Waals surface area contributed by atoms with Gasteiger partial charge in [-0.15, -0.1) is 0 Å². The molecule has 2 aliphatic carbocycles. The number of ether oxygens (including phenoxy) is 2. The lowest BCUT2D eigenvalue weighted by atomic mass is 9.97. The second-order valence-corrected chi connectivity index (χ2v) is 12.5. The topological polar surface area (TPSA) is 65.5 Å². The van der Waals surface area contributed by atoms with Gasteiger partial charge in [0.1, 0.15) is 28.0 Å². The van der Waals surface area contributed by atoms with Crippen molar-refractivity contribution in [3.05, 3.63) is 76.2 Å². The first kappa shape index (κ1) is 24.8. The SMILES string of the molecule is Cc1cc(OCCCS(C)(=O)=O)nc(C)c1-c1ccc(F)c(COc2ccc3c(c2)C[C@H]2[C@H](C)[C@@H]32)c1. The third kappa shape index (κ3) is 5.12. The third-order valence-electron chi connectivity index (χ3n) is 7.50. The molecule has 0 saturated heterocycles. The molecule has 5 nitrogen and oxygen atoms in total. The van der Waals surface area contributed by atoms with Crippen molar-refractivity contribution in [3.8, 4) is 22.8 Å².